The largest absolute Gasteiger partial charge is 0.466 e. The van der Waals surface area contributed by atoms with Gasteiger partial charge in [0.15, 0.2) is 0 Å². The van der Waals surface area contributed by atoms with Crippen LogP contribution in [0.4, 0.5) is 0 Å². The predicted octanol–water partition coefficient (Wildman–Crippen LogP) is 2.93. The Morgan fingerprint density at radius 3 is 2.31 bits per heavy atom. The smallest absolute Gasteiger partial charge is 0.302 e. The van der Waals surface area contributed by atoms with Gasteiger partial charge in [-0.25, -0.2) is 0 Å². The molecule has 0 rings (SSSR count). The van der Waals surface area contributed by atoms with Crippen molar-refractivity contribution in [1.29, 1.82) is 0 Å². The van der Waals surface area contributed by atoms with Crippen molar-refractivity contribution in [2.75, 3.05) is 6.61 Å². The summed E-state index contributed by atoms with van der Waals surface area (Å²) in [6.07, 6.45) is 1.76. The summed E-state index contributed by atoms with van der Waals surface area (Å²) in [5.41, 5.74) is 1.42. The molecule has 76 valence electrons. The van der Waals surface area contributed by atoms with Crippen LogP contribution < -0.4 is 0 Å². The third-order valence-corrected chi connectivity index (χ3v) is 1.54. The van der Waals surface area contributed by atoms with E-state index in [4.69, 9.17) is 4.74 Å². The summed E-state index contributed by atoms with van der Waals surface area (Å²) in [6.45, 7) is 12.3. The van der Waals surface area contributed by atoms with Gasteiger partial charge in [0.05, 0.1) is 6.61 Å². The number of hydrogen-bond acceptors (Lipinski definition) is 2. The van der Waals surface area contributed by atoms with E-state index in [1.54, 1.807) is 0 Å². The Morgan fingerprint density at radius 1 is 1.38 bits per heavy atom. The number of esters is 1. The molecule has 0 saturated carbocycles. The van der Waals surface area contributed by atoms with E-state index in [1.165, 1.54) is 6.92 Å². The maximum Gasteiger partial charge on any atom is 0.302 e. The van der Waals surface area contributed by atoms with Gasteiger partial charge in [0.1, 0.15) is 0 Å². The number of hydrogen-bond donors (Lipinski definition) is 0. The fourth-order valence-corrected chi connectivity index (χ4v) is 1.18. The van der Waals surface area contributed by atoms with E-state index < -0.39 is 0 Å². The molecule has 0 aromatic heterocycles. The van der Waals surface area contributed by atoms with Crippen LogP contribution in [0.2, 0.25) is 0 Å². The Balaban J connectivity index is 3.59. The minimum absolute atomic E-state index is 0.219. The minimum Gasteiger partial charge on any atom is -0.466 e. The molecule has 0 N–H and O–H groups in total. The summed E-state index contributed by atoms with van der Waals surface area (Å²) in [6, 6.07) is 0. The molecular formula is C11H20O2. The van der Waals surface area contributed by atoms with Gasteiger partial charge in [0, 0.05) is 13.3 Å². The van der Waals surface area contributed by atoms with Gasteiger partial charge in [0.25, 0.3) is 0 Å². The van der Waals surface area contributed by atoms with Crippen LogP contribution in [0.25, 0.3) is 0 Å². The monoisotopic (exact) mass is 184 g/mol. The normalized spacial score (nSPS) is 11.1. The van der Waals surface area contributed by atoms with E-state index in [0.717, 1.165) is 18.4 Å². The van der Waals surface area contributed by atoms with Crippen molar-refractivity contribution in [3.05, 3.63) is 12.2 Å². The zero-order chi connectivity index (χ0) is 10.5. The lowest BCUT2D eigenvalue weighted by atomic mass is 9.87. The molecule has 13 heavy (non-hydrogen) atoms. The average Bonchev–Trinajstić information content (AvgIpc) is 1.81. The first-order chi connectivity index (χ1) is 5.81. The highest BCUT2D eigenvalue weighted by molar-refractivity contribution is 5.65. The highest BCUT2D eigenvalue weighted by Gasteiger charge is 2.11. The molecule has 0 aliphatic rings. The van der Waals surface area contributed by atoms with Crippen molar-refractivity contribution in [3.8, 4) is 0 Å². The maximum atomic E-state index is 10.5. The van der Waals surface area contributed by atoms with Gasteiger partial charge in [-0.3, -0.25) is 4.79 Å². The van der Waals surface area contributed by atoms with Gasteiger partial charge >= 0.3 is 5.97 Å². The molecule has 2 nitrogen and oxygen atoms in total. The van der Waals surface area contributed by atoms with Crippen LogP contribution in [0.15, 0.2) is 12.2 Å². The zero-order valence-electron chi connectivity index (χ0n) is 9.14. The van der Waals surface area contributed by atoms with E-state index in [-0.39, 0.29) is 11.4 Å². The van der Waals surface area contributed by atoms with Crippen molar-refractivity contribution in [2.45, 2.75) is 40.5 Å². The first kappa shape index (κ1) is 12.2. The van der Waals surface area contributed by atoms with Crippen LogP contribution in [0, 0.1) is 5.41 Å². The molecule has 0 amide bonds. The maximum absolute atomic E-state index is 10.5. The summed E-state index contributed by atoms with van der Waals surface area (Å²) in [5, 5.41) is 0. The third kappa shape index (κ3) is 9.12. The van der Waals surface area contributed by atoms with E-state index >= 15 is 0 Å². The molecule has 0 bridgehead atoms. The average molecular weight is 184 g/mol. The van der Waals surface area contributed by atoms with E-state index in [2.05, 4.69) is 27.4 Å². The van der Waals surface area contributed by atoms with Crippen molar-refractivity contribution < 1.29 is 9.53 Å². The first-order valence-electron chi connectivity index (χ1n) is 4.61. The van der Waals surface area contributed by atoms with Crippen molar-refractivity contribution >= 4 is 5.97 Å². The number of ether oxygens (including phenoxy) is 1. The van der Waals surface area contributed by atoms with Gasteiger partial charge in [-0.2, -0.15) is 0 Å². The molecule has 0 heterocycles. The second-order valence-corrected chi connectivity index (χ2v) is 4.58. The van der Waals surface area contributed by atoms with Crippen LogP contribution in [0.3, 0.4) is 0 Å². The van der Waals surface area contributed by atoms with Gasteiger partial charge in [-0.15, -0.1) is 0 Å². The molecule has 0 saturated heterocycles. The molecule has 0 aliphatic heterocycles. The number of rotatable bonds is 4. The Hall–Kier alpha value is -0.790. The van der Waals surface area contributed by atoms with Crippen LogP contribution in [-0.2, 0) is 9.53 Å². The van der Waals surface area contributed by atoms with Gasteiger partial charge in [-0.1, -0.05) is 32.9 Å². The van der Waals surface area contributed by atoms with Crippen LogP contribution in [0.1, 0.15) is 40.5 Å². The third-order valence-electron chi connectivity index (χ3n) is 1.54. The van der Waals surface area contributed by atoms with Gasteiger partial charge in [-0.05, 0) is 11.8 Å². The van der Waals surface area contributed by atoms with Crippen molar-refractivity contribution in [1.82, 2.24) is 0 Å². The fourth-order valence-electron chi connectivity index (χ4n) is 1.18. The molecular weight excluding hydrogens is 164 g/mol. The first-order valence-corrected chi connectivity index (χ1v) is 4.61. The van der Waals surface area contributed by atoms with Crippen LogP contribution in [-0.4, -0.2) is 12.6 Å². The predicted molar refractivity (Wildman–Crippen MR) is 54.5 cm³/mol. The van der Waals surface area contributed by atoms with Gasteiger partial charge < -0.3 is 4.74 Å². The van der Waals surface area contributed by atoms with E-state index in [9.17, 15) is 4.79 Å². The summed E-state index contributed by atoms with van der Waals surface area (Å²) in [7, 11) is 0. The van der Waals surface area contributed by atoms with E-state index in [0.29, 0.717) is 6.61 Å². The minimum atomic E-state index is -0.219. The summed E-state index contributed by atoms with van der Waals surface area (Å²) < 4.78 is 4.83. The Bertz CT molecular complexity index is 187. The molecule has 2 heteroatoms. The standard InChI is InChI=1S/C11H20O2/c1-9(8-11(3,4)5)6-7-13-10(2)12/h1,6-8H2,2-5H3. The molecule has 0 unspecified atom stereocenters. The Morgan fingerprint density at radius 2 is 1.92 bits per heavy atom. The Kier molecular flexibility index (Phi) is 4.74. The lowest BCUT2D eigenvalue weighted by molar-refractivity contribution is -0.140. The second kappa shape index (κ2) is 5.05. The number of carbonyl (C=O) groups excluding carboxylic acids is 1. The molecule has 0 radical (unpaired) electrons. The van der Waals surface area contributed by atoms with Crippen LogP contribution >= 0.6 is 0 Å². The Labute approximate surface area is 81.0 Å². The lowest BCUT2D eigenvalue weighted by Gasteiger charge is -2.19. The highest BCUT2D eigenvalue weighted by atomic mass is 16.5. The molecule has 0 fully saturated rings. The molecule has 0 aromatic carbocycles. The summed E-state index contributed by atoms with van der Waals surface area (Å²) in [4.78, 5) is 10.5. The zero-order valence-corrected chi connectivity index (χ0v) is 9.14. The molecule has 0 aromatic rings. The molecule has 0 aliphatic carbocycles. The highest BCUT2D eigenvalue weighted by Crippen LogP contribution is 2.24. The summed E-state index contributed by atoms with van der Waals surface area (Å²) >= 11 is 0. The topological polar surface area (TPSA) is 26.3 Å². The molecule has 0 atom stereocenters. The van der Waals surface area contributed by atoms with Crippen LogP contribution in [0.5, 0.6) is 0 Å². The summed E-state index contributed by atoms with van der Waals surface area (Å²) in [5.74, 6) is -0.219. The SMILES string of the molecule is C=C(CCOC(C)=O)CC(C)(C)C. The fraction of sp³-hybridized carbons (Fsp3) is 0.727. The quantitative estimate of drug-likeness (QED) is 0.496. The second-order valence-electron chi connectivity index (χ2n) is 4.58. The van der Waals surface area contributed by atoms with Crippen molar-refractivity contribution in [3.63, 3.8) is 0 Å². The van der Waals surface area contributed by atoms with E-state index in [1.807, 2.05) is 0 Å². The lowest BCUT2D eigenvalue weighted by Crippen LogP contribution is -2.08. The number of carbonyl (C=O) groups is 1. The van der Waals surface area contributed by atoms with Gasteiger partial charge in [0.2, 0.25) is 0 Å². The molecule has 0 spiro atoms. The van der Waals surface area contributed by atoms with Crippen molar-refractivity contribution in [2.24, 2.45) is 5.41 Å².